The summed E-state index contributed by atoms with van der Waals surface area (Å²) in [6, 6.07) is 7.95. The summed E-state index contributed by atoms with van der Waals surface area (Å²) in [5.41, 5.74) is 4.14. The van der Waals surface area contributed by atoms with Crippen molar-refractivity contribution in [1.82, 2.24) is 15.8 Å². The third-order valence-corrected chi connectivity index (χ3v) is 5.60. The molecule has 0 spiro atoms. The standard InChI is InChI=1S/C21H22N4O5/c26-18-10-13(20(27)23-16-3-1-2-14(16)21(28)24-29)4-5-15(18)19-11-17(25-30-19)12-6-8-22-9-7-12/h4-10,14,16,19,26,29H,1-3,11H2,(H,23,27)(H,24,28). The first-order valence-corrected chi connectivity index (χ1v) is 9.77. The minimum atomic E-state index is -0.501. The van der Waals surface area contributed by atoms with Gasteiger partial charge in [0, 0.05) is 41.5 Å². The molecule has 30 heavy (non-hydrogen) atoms. The summed E-state index contributed by atoms with van der Waals surface area (Å²) >= 11 is 0. The van der Waals surface area contributed by atoms with Crippen molar-refractivity contribution in [2.45, 2.75) is 37.8 Å². The van der Waals surface area contributed by atoms with E-state index >= 15 is 0 Å². The first kappa shape index (κ1) is 19.8. The van der Waals surface area contributed by atoms with E-state index < -0.39 is 17.9 Å². The Hall–Kier alpha value is -3.46. The van der Waals surface area contributed by atoms with Gasteiger partial charge in [-0.1, -0.05) is 17.6 Å². The van der Waals surface area contributed by atoms with Crippen molar-refractivity contribution in [3.63, 3.8) is 0 Å². The SMILES string of the molecule is O=C(NC1CCCC1C(=O)NO)c1ccc(C2CC(c3ccncc3)=NO2)c(O)c1. The van der Waals surface area contributed by atoms with E-state index in [0.717, 1.165) is 17.7 Å². The highest BCUT2D eigenvalue weighted by Crippen LogP contribution is 2.35. The van der Waals surface area contributed by atoms with E-state index in [0.29, 0.717) is 24.8 Å². The van der Waals surface area contributed by atoms with Crippen molar-refractivity contribution in [1.29, 1.82) is 0 Å². The second kappa shape index (κ2) is 8.50. The van der Waals surface area contributed by atoms with E-state index in [1.165, 1.54) is 6.07 Å². The van der Waals surface area contributed by atoms with Crippen molar-refractivity contribution in [3.05, 3.63) is 59.4 Å². The van der Waals surface area contributed by atoms with Crippen LogP contribution in [0.15, 0.2) is 47.9 Å². The van der Waals surface area contributed by atoms with E-state index in [1.807, 2.05) is 12.1 Å². The van der Waals surface area contributed by atoms with Crippen LogP contribution in [0, 0.1) is 5.92 Å². The van der Waals surface area contributed by atoms with Gasteiger partial charge in [0.1, 0.15) is 5.75 Å². The molecule has 4 rings (SSSR count). The summed E-state index contributed by atoms with van der Waals surface area (Å²) in [6.07, 6.45) is 5.43. The molecule has 2 amide bonds. The molecular formula is C21H22N4O5. The van der Waals surface area contributed by atoms with Gasteiger partial charge in [-0.05, 0) is 37.1 Å². The molecule has 3 atom stereocenters. The Labute approximate surface area is 172 Å². The molecule has 0 radical (unpaired) electrons. The molecule has 1 aliphatic carbocycles. The number of benzene rings is 1. The molecule has 156 valence electrons. The van der Waals surface area contributed by atoms with Gasteiger partial charge in [-0.3, -0.25) is 19.8 Å². The van der Waals surface area contributed by atoms with Gasteiger partial charge < -0.3 is 15.3 Å². The van der Waals surface area contributed by atoms with Crippen molar-refractivity contribution in [3.8, 4) is 5.75 Å². The molecule has 2 heterocycles. The van der Waals surface area contributed by atoms with Gasteiger partial charge in [0.15, 0.2) is 6.10 Å². The summed E-state index contributed by atoms with van der Waals surface area (Å²) in [5.74, 6) is -1.42. The molecule has 1 aliphatic heterocycles. The Bertz CT molecular complexity index is 979. The largest absolute Gasteiger partial charge is 0.507 e. The number of hydrogen-bond donors (Lipinski definition) is 4. The topological polar surface area (TPSA) is 133 Å². The number of oxime groups is 1. The number of phenolic OH excluding ortho intramolecular Hbond substituents is 1. The van der Waals surface area contributed by atoms with Gasteiger partial charge >= 0.3 is 0 Å². The number of pyridine rings is 1. The second-order valence-corrected chi connectivity index (χ2v) is 7.44. The number of rotatable bonds is 5. The molecule has 2 aliphatic rings. The number of hydroxylamine groups is 1. The maximum Gasteiger partial charge on any atom is 0.251 e. The van der Waals surface area contributed by atoms with Crippen molar-refractivity contribution < 1.29 is 24.7 Å². The predicted octanol–water partition coefficient (Wildman–Crippen LogP) is 2.06. The number of hydrogen-bond acceptors (Lipinski definition) is 7. The minimum Gasteiger partial charge on any atom is -0.507 e. The lowest BCUT2D eigenvalue weighted by Crippen LogP contribution is -2.43. The molecule has 4 N–H and O–H groups in total. The zero-order valence-electron chi connectivity index (χ0n) is 16.1. The lowest BCUT2D eigenvalue weighted by Gasteiger charge is -2.19. The monoisotopic (exact) mass is 410 g/mol. The van der Waals surface area contributed by atoms with Crippen LogP contribution in [0.2, 0.25) is 0 Å². The second-order valence-electron chi connectivity index (χ2n) is 7.44. The summed E-state index contributed by atoms with van der Waals surface area (Å²) in [5, 5.41) is 26.3. The van der Waals surface area contributed by atoms with Crippen LogP contribution in [0.1, 0.15) is 53.3 Å². The molecule has 0 saturated heterocycles. The summed E-state index contributed by atoms with van der Waals surface area (Å²) in [4.78, 5) is 33.8. The number of carbonyl (C=O) groups excluding carboxylic acids is 2. The highest BCUT2D eigenvalue weighted by Gasteiger charge is 2.34. The molecule has 2 aromatic rings. The summed E-state index contributed by atoms with van der Waals surface area (Å²) < 4.78 is 0. The maximum atomic E-state index is 12.6. The molecular weight excluding hydrogens is 388 g/mol. The molecule has 9 nitrogen and oxygen atoms in total. The zero-order valence-corrected chi connectivity index (χ0v) is 16.1. The van der Waals surface area contributed by atoms with Crippen LogP contribution >= 0.6 is 0 Å². The average molecular weight is 410 g/mol. The first-order valence-electron chi connectivity index (χ1n) is 9.77. The molecule has 1 aromatic carbocycles. The summed E-state index contributed by atoms with van der Waals surface area (Å²) in [6.45, 7) is 0. The average Bonchev–Trinajstić information content (AvgIpc) is 3.43. The molecule has 1 aromatic heterocycles. The van der Waals surface area contributed by atoms with Crippen LogP contribution in [0.25, 0.3) is 0 Å². The van der Waals surface area contributed by atoms with E-state index in [2.05, 4.69) is 15.5 Å². The van der Waals surface area contributed by atoms with Crippen LogP contribution < -0.4 is 10.8 Å². The number of phenols is 1. The van der Waals surface area contributed by atoms with Crippen LogP contribution in [-0.2, 0) is 9.63 Å². The van der Waals surface area contributed by atoms with Crippen molar-refractivity contribution in [2.75, 3.05) is 0 Å². The maximum absolute atomic E-state index is 12.6. The first-order chi connectivity index (χ1) is 14.6. The highest BCUT2D eigenvalue weighted by atomic mass is 16.6. The molecule has 1 fully saturated rings. The van der Waals surface area contributed by atoms with E-state index in [4.69, 9.17) is 10.0 Å². The number of carbonyl (C=O) groups is 2. The fourth-order valence-electron chi connectivity index (χ4n) is 4.00. The Morgan fingerprint density at radius 2 is 1.93 bits per heavy atom. The third kappa shape index (κ3) is 3.97. The van der Waals surface area contributed by atoms with Gasteiger partial charge in [0.05, 0.1) is 11.6 Å². The molecule has 1 saturated carbocycles. The van der Waals surface area contributed by atoms with Crippen molar-refractivity contribution in [2.24, 2.45) is 11.1 Å². The van der Waals surface area contributed by atoms with Gasteiger partial charge in [-0.15, -0.1) is 0 Å². The fourth-order valence-corrected chi connectivity index (χ4v) is 4.00. The van der Waals surface area contributed by atoms with E-state index in [9.17, 15) is 14.7 Å². The van der Waals surface area contributed by atoms with Gasteiger partial charge in [-0.2, -0.15) is 0 Å². The molecule has 3 unspecified atom stereocenters. The number of amides is 2. The lowest BCUT2D eigenvalue weighted by atomic mass is 9.98. The fraction of sp³-hybridized carbons (Fsp3) is 0.333. The Balaban J connectivity index is 1.42. The van der Waals surface area contributed by atoms with E-state index in [1.54, 1.807) is 30.0 Å². The molecule has 9 heteroatoms. The number of aromatic nitrogens is 1. The van der Waals surface area contributed by atoms with Crippen LogP contribution in [-0.4, -0.2) is 38.9 Å². The third-order valence-electron chi connectivity index (χ3n) is 5.60. The van der Waals surface area contributed by atoms with Gasteiger partial charge in [0.2, 0.25) is 5.91 Å². The minimum absolute atomic E-state index is 0.0603. The highest BCUT2D eigenvalue weighted by molar-refractivity contribution is 6.01. The van der Waals surface area contributed by atoms with E-state index in [-0.39, 0.29) is 23.3 Å². The smallest absolute Gasteiger partial charge is 0.251 e. The van der Waals surface area contributed by atoms with Crippen molar-refractivity contribution >= 4 is 17.5 Å². The molecule has 0 bridgehead atoms. The number of nitrogens with one attached hydrogen (secondary N) is 2. The predicted molar refractivity (Wildman–Crippen MR) is 106 cm³/mol. The lowest BCUT2D eigenvalue weighted by molar-refractivity contribution is -0.133. The quantitative estimate of drug-likeness (QED) is 0.440. The van der Waals surface area contributed by atoms with Crippen LogP contribution in [0.5, 0.6) is 5.75 Å². The number of aromatic hydroxyl groups is 1. The number of nitrogens with zero attached hydrogens (tertiary/aromatic N) is 2. The normalized spacial score (nSPS) is 22.8. The van der Waals surface area contributed by atoms with Crippen LogP contribution in [0.3, 0.4) is 0 Å². The summed E-state index contributed by atoms with van der Waals surface area (Å²) in [7, 11) is 0. The Morgan fingerprint density at radius 3 is 2.67 bits per heavy atom. The van der Waals surface area contributed by atoms with Crippen LogP contribution in [0.4, 0.5) is 0 Å². The zero-order chi connectivity index (χ0) is 21.1. The Morgan fingerprint density at radius 1 is 1.13 bits per heavy atom. The van der Waals surface area contributed by atoms with Gasteiger partial charge in [0.25, 0.3) is 5.91 Å². The Kier molecular flexibility index (Phi) is 5.62. The van der Waals surface area contributed by atoms with Gasteiger partial charge in [-0.25, -0.2) is 5.48 Å².